The van der Waals surface area contributed by atoms with Crippen LogP contribution in [-0.4, -0.2) is 32.6 Å². The smallest absolute Gasteiger partial charge is 0.216 e. The van der Waals surface area contributed by atoms with Gasteiger partial charge in [-0.3, -0.25) is 4.98 Å². The maximum atomic E-state index is 6.03. The second-order valence-corrected chi connectivity index (χ2v) is 18.9. The minimum atomic E-state index is -1.37. The molecule has 7 rings (SSSR count). The maximum absolute atomic E-state index is 6.03. The van der Waals surface area contributed by atoms with E-state index in [-0.39, 0.29) is 25.5 Å². The van der Waals surface area contributed by atoms with Gasteiger partial charge < -0.3 is 19.0 Å². The normalized spacial score (nSPS) is 11.8. The second kappa shape index (κ2) is 13.0. The van der Waals surface area contributed by atoms with Gasteiger partial charge in [-0.25, -0.2) is 4.98 Å². The largest absolute Gasteiger partial charge is 0.486 e. The van der Waals surface area contributed by atoms with E-state index in [1.54, 1.807) is 6.20 Å². The Kier molecular flexibility index (Phi) is 9.46. The zero-order valence-electron chi connectivity index (χ0n) is 27.7. The van der Waals surface area contributed by atoms with Gasteiger partial charge >= 0.3 is 0 Å². The summed E-state index contributed by atoms with van der Waals surface area (Å²) in [5, 5.41) is 3.37. The topological polar surface area (TPSA) is 69.6 Å². The van der Waals surface area contributed by atoms with Gasteiger partial charge in [-0.1, -0.05) is 64.2 Å². The first-order chi connectivity index (χ1) is 21.4. The molecule has 0 fully saturated rings. The van der Waals surface area contributed by atoms with Crippen LogP contribution in [0.2, 0.25) is 19.6 Å². The number of imidazole rings is 1. The monoisotopic (exact) mass is 802 g/mol. The zero-order valence-corrected chi connectivity index (χ0v) is 31.1. The van der Waals surface area contributed by atoms with Crippen LogP contribution >= 0.6 is 0 Å². The van der Waals surface area contributed by atoms with Crippen LogP contribution in [0.4, 0.5) is 0 Å². The van der Waals surface area contributed by atoms with Gasteiger partial charge in [0.25, 0.3) is 0 Å². The van der Waals surface area contributed by atoms with E-state index in [0.29, 0.717) is 5.71 Å². The van der Waals surface area contributed by atoms with Gasteiger partial charge in [0, 0.05) is 44.4 Å². The van der Waals surface area contributed by atoms with Crippen LogP contribution in [0.15, 0.2) is 83.5 Å². The summed E-state index contributed by atoms with van der Waals surface area (Å²) in [4.78, 5) is 18.2. The molecule has 0 atom stereocenters. The summed E-state index contributed by atoms with van der Waals surface area (Å²) < 4.78 is 8.07. The minimum absolute atomic E-state index is 0. The summed E-state index contributed by atoms with van der Waals surface area (Å²) in [6.45, 7) is 16.0. The predicted molar refractivity (Wildman–Crippen MR) is 187 cm³/mol. The molecular weight excluding hydrogens is 763 g/mol. The minimum Gasteiger partial charge on any atom is -0.486 e. The quantitative estimate of drug-likeness (QED) is 0.132. The van der Waals surface area contributed by atoms with Crippen LogP contribution in [0.1, 0.15) is 32.0 Å². The Labute approximate surface area is 285 Å². The van der Waals surface area contributed by atoms with Gasteiger partial charge in [0.05, 0.1) is 30.5 Å². The molecule has 0 spiro atoms. The Bertz CT molecular complexity index is 2140. The van der Waals surface area contributed by atoms with Crippen molar-refractivity contribution in [2.45, 2.75) is 53.8 Å². The Hall–Kier alpha value is -3.97. The number of hydrogen-bond acceptors (Lipinski definition) is 5. The standard InChI is InChI=1S/C19H13N4O.C19H26NSi.Ir/c1-11-7-8-12-13-9-20-10-14(17(13)24-19(12)21-11)18-22-15-5-3-4-6-16(15)23(18)2;1-19(2,3)13-16-12-17(15-10-8-7-9-11-15)20-14-18(16)21(4,5)6;/h3-9H,1-2H3;7-10,12,14H,13H2,1-6H3;/q2*-1;. The van der Waals surface area contributed by atoms with Crippen LogP contribution in [0.5, 0.6) is 0 Å². The van der Waals surface area contributed by atoms with Gasteiger partial charge in [-0.05, 0) is 77.2 Å². The molecule has 0 unspecified atom stereocenters. The molecule has 0 aliphatic heterocycles. The average molecular weight is 802 g/mol. The van der Waals surface area contributed by atoms with E-state index in [9.17, 15) is 0 Å². The Morgan fingerprint density at radius 2 is 1.67 bits per heavy atom. The molecule has 1 radical (unpaired) electrons. The van der Waals surface area contributed by atoms with Gasteiger partial charge in [-0.15, -0.1) is 35.9 Å². The zero-order chi connectivity index (χ0) is 31.9. The van der Waals surface area contributed by atoms with E-state index in [1.165, 1.54) is 10.8 Å². The molecule has 237 valence electrons. The number of benzene rings is 2. The molecule has 5 heterocycles. The van der Waals surface area contributed by atoms with Crippen molar-refractivity contribution in [3.63, 3.8) is 0 Å². The molecule has 6 nitrogen and oxygen atoms in total. The maximum Gasteiger partial charge on any atom is 0.216 e. The number of nitrogens with zero attached hydrogens (tertiary/aromatic N) is 5. The van der Waals surface area contributed by atoms with Crippen molar-refractivity contribution in [1.29, 1.82) is 0 Å². The van der Waals surface area contributed by atoms with Crippen molar-refractivity contribution in [3.05, 3.63) is 103 Å². The Morgan fingerprint density at radius 1 is 0.913 bits per heavy atom. The third-order valence-corrected chi connectivity index (χ3v) is 9.91. The summed E-state index contributed by atoms with van der Waals surface area (Å²) in [6, 6.07) is 25.7. The number of rotatable bonds is 4. The van der Waals surface area contributed by atoms with Crippen molar-refractivity contribution in [2.24, 2.45) is 12.5 Å². The molecule has 0 saturated carbocycles. The third kappa shape index (κ3) is 6.90. The first-order valence-corrected chi connectivity index (χ1v) is 18.8. The van der Waals surface area contributed by atoms with Crippen molar-refractivity contribution in [3.8, 4) is 22.6 Å². The number of para-hydroxylation sites is 2. The molecule has 46 heavy (non-hydrogen) atoms. The number of furan rings is 1. The van der Waals surface area contributed by atoms with Crippen molar-refractivity contribution >= 4 is 46.4 Å². The number of aryl methyl sites for hydroxylation is 2. The summed E-state index contributed by atoms with van der Waals surface area (Å²) in [7, 11) is 0.614. The summed E-state index contributed by atoms with van der Waals surface area (Å²) >= 11 is 0. The van der Waals surface area contributed by atoms with Gasteiger partial charge in [-0.2, -0.15) is 0 Å². The molecule has 0 bridgehead atoms. The summed E-state index contributed by atoms with van der Waals surface area (Å²) in [6.07, 6.45) is 8.03. The average Bonchev–Trinajstić information content (AvgIpc) is 3.53. The van der Waals surface area contributed by atoms with Crippen LogP contribution in [0.25, 0.3) is 55.7 Å². The number of aromatic nitrogens is 5. The molecule has 2 aromatic carbocycles. The molecule has 8 heteroatoms. The van der Waals surface area contributed by atoms with E-state index in [1.807, 2.05) is 73.1 Å². The van der Waals surface area contributed by atoms with Gasteiger partial charge in [0.2, 0.25) is 5.71 Å². The molecule has 5 aromatic heterocycles. The molecule has 0 saturated heterocycles. The SMILES string of the molecule is CC(C)(C)Cc1cc(-c2[c-]cccc2)ncc1[Si](C)(C)C.Cc1ccc2c(n1)oc1c(-c3nc4ccccc4n3C)[c-]ncc12.[Ir]. The summed E-state index contributed by atoms with van der Waals surface area (Å²) in [5.41, 5.74) is 8.87. The predicted octanol–water partition coefficient (Wildman–Crippen LogP) is 8.72. The van der Waals surface area contributed by atoms with Crippen LogP contribution in [0, 0.1) is 24.6 Å². The molecule has 0 aliphatic carbocycles. The fraction of sp³-hybridized carbons (Fsp3) is 0.263. The van der Waals surface area contributed by atoms with Gasteiger partial charge in [0.15, 0.2) is 0 Å². The fourth-order valence-corrected chi connectivity index (χ4v) is 7.30. The number of pyridine rings is 3. The van der Waals surface area contributed by atoms with E-state index in [0.717, 1.165) is 62.1 Å². The molecule has 0 N–H and O–H groups in total. The number of fused-ring (bicyclic) bond motifs is 4. The molecular formula is C38H39IrN5OSi-2. The summed E-state index contributed by atoms with van der Waals surface area (Å²) in [5.74, 6) is 0.782. The third-order valence-electron chi connectivity index (χ3n) is 7.84. The first kappa shape index (κ1) is 33.4. The Balaban J connectivity index is 0.000000179. The second-order valence-electron chi connectivity index (χ2n) is 13.9. The van der Waals surface area contributed by atoms with Crippen LogP contribution in [-0.2, 0) is 33.6 Å². The van der Waals surface area contributed by atoms with E-state index in [4.69, 9.17) is 14.4 Å². The van der Waals surface area contributed by atoms with Crippen molar-refractivity contribution in [1.82, 2.24) is 24.5 Å². The molecule has 0 amide bonds. The molecule has 0 aliphatic rings. The van der Waals surface area contributed by atoms with Crippen LogP contribution < -0.4 is 5.19 Å². The van der Waals surface area contributed by atoms with Crippen LogP contribution in [0.3, 0.4) is 0 Å². The van der Waals surface area contributed by atoms with E-state index >= 15 is 0 Å². The van der Waals surface area contributed by atoms with Crippen molar-refractivity contribution < 1.29 is 24.5 Å². The first-order valence-electron chi connectivity index (χ1n) is 15.3. The molecule has 7 aromatic rings. The van der Waals surface area contributed by atoms with E-state index in [2.05, 4.69) is 81.0 Å². The fourth-order valence-electron chi connectivity index (χ4n) is 5.73. The Morgan fingerprint density at radius 3 is 2.37 bits per heavy atom. The number of hydrogen-bond donors (Lipinski definition) is 0. The van der Waals surface area contributed by atoms with E-state index < -0.39 is 8.07 Å². The van der Waals surface area contributed by atoms with Gasteiger partial charge in [0.1, 0.15) is 0 Å². The van der Waals surface area contributed by atoms with Crippen molar-refractivity contribution in [2.75, 3.05) is 0 Å².